The summed E-state index contributed by atoms with van der Waals surface area (Å²) in [5.41, 5.74) is 2.37. The molecule has 2 N–H and O–H groups in total. The lowest BCUT2D eigenvalue weighted by Gasteiger charge is -2.11. The van der Waals surface area contributed by atoms with E-state index in [1.807, 2.05) is 25.3 Å². The zero-order valence-corrected chi connectivity index (χ0v) is 13.6. The summed E-state index contributed by atoms with van der Waals surface area (Å²) < 4.78 is 0. The molecule has 0 bridgehead atoms. The van der Waals surface area contributed by atoms with E-state index in [0.29, 0.717) is 17.1 Å². The third-order valence-electron chi connectivity index (χ3n) is 2.93. The average molecular weight is 324 g/mol. The molecule has 1 aromatic heterocycles. The summed E-state index contributed by atoms with van der Waals surface area (Å²) in [4.78, 5) is 16.6. The minimum Gasteiger partial charge on any atom is -0.385 e. The van der Waals surface area contributed by atoms with Crippen molar-refractivity contribution in [2.45, 2.75) is 20.3 Å². The Morgan fingerprint density at radius 3 is 2.90 bits per heavy atom. The molecular formula is C15H18ClN3OS. The molecule has 2 rings (SSSR count). The molecule has 4 nitrogen and oxygen atoms in total. The first-order chi connectivity index (χ1) is 10.1. The van der Waals surface area contributed by atoms with Crippen LogP contribution in [0.25, 0.3) is 0 Å². The van der Waals surface area contributed by atoms with Gasteiger partial charge in [0.2, 0.25) is 0 Å². The van der Waals surface area contributed by atoms with Crippen LogP contribution in [0.5, 0.6) is 0 Å². The second-order valence-corrected chi connectivity index (χ2v) is 6.08. The molecule has 0 saturated carbocycles. The van der Waals surface area contributed by atoms with E-state index in [2.05, 4.69) is 15.6 Å². The van der Waals surface area contributed by atoms with Crippen LogP contribution in [0.3, 0.4) is 0 Å². The highest BCUT2D eigenvalue weighted by molar-refractivity contribution is 7.09. The van der Waals surface area contributed by atoms with Gasteiger partial charge in [-0.3, -0.25) is 4.79 Å². The summed E-state index contributed by atoms with van der Waals surface area (Å²) in [6, 6.07) is 5.28. The summed E-state index contributed by atoms with van der Waals surface area (Å²) in [6.45, 7) is 5.27. The minimum atomic E-state index is -0.125. The summed E-state index contributed by atoms with van der Waals surface area (Å²) in [7, 11) is 0. The predicted molar refractivity (Wildman–Crippen MR) is 88.5 cm³/mol. The monoisotopic (exact) mass is 323 g/mol. The largest absolute Gasteiger partial charge is 0.385 e. The van der Waals surface area contributed by atoms with Crippen LogP contribution >= 0.6 is 22.9 Å². The van der Waals surface area contributed by atoms with Gasteiger partial charge >= 0.3 is 0 Å². The van der Waals surface area contributed by atoms with Crippen LogP contribution < -0.4 is 10.6 Å². The summed E-state index contributed by atoms with van der Waals surface area (Å²) in [6.07, 6.45) is 0.729. The van der Waals surface area contributed by atoms with Crippen molar-refractivity contribution in [3.05, 3.63) is 44.9 Å². The number of thiazole rings is 1. The van der Waals surface area contributed by atoms with Crippen molar-refractivity contribution in [1.29, 1.82) is 0 Å². The summed E-state index contributed by atoms with van der Waals surface area (Å²) in [5, 5.41) is 9.69. The number of amides is 1. The van der Waals surface area contributed by atoms with Gasteiger partial charge in [-0.05, 0) is 32.0 Å². The minimum absolute atomic E-state index is 0.125. The molecule has 0 spiro atoms. The van der Waals surface area contributed by atoms with E-state index < -0.39 is 0 Å². The van der Waals surface area contributed by atoms with Crippen LogP contribution in [-0.4, -0.2) is 24.0 Å². The van der Waals surface area contributed by atoms with Gasteiger partial charge in [-0.2, -0.15) is 0 Å². The normalized spacial score (nSPS) is 10.4. The summed E-state index contributed by atoms with van der Waals surface area (Å²) in [5.74, 6) is -0.125. The molecule has 0 unspecified atom stereocenters. The van der Waals surface area contributed by atoms with E-state index in [9.17, 15) is 4.79 Å². The number of hydrogen-bond donors (Lipinski definition) is 2. The number of anilines is 1. The maximum atomic E-state index is 12.3. The Balaban J connectivity index is 1.97. The second-order valence-electron chi connectivity index (χ2n) is 4.58. The van der Waals surface area contributed by atoms with Gasteiger partial charge in [-0.15, -0.1) is 11.3 Å². The van der Waals surface area contributed by atoms with Crippen molar-refractivity contribution in [3.63, 3.8) is 0 Å². The lowest BCUT2D eigenvalue weighted by molar-refractivity contribution is 0.0955. The molecule has 21 heavy (non-hydrogen) atoms. The van der Waals surface area contributed by atoms with Crippen molar-refractivity contribution in [2.24, 2.45) is 0 Å². The fraction of sp³-hybridized carbons (Fsp3) is 0.333. The summed E-state index contributed by atoms with van der Waals surface area (Å²) >= 11 is 7.60. The first-order valence-electron chi connectivity index (χ1n) is 6.82. The molecule has 0 radical (unpaired) electrons. The fourth-order valence-electron chi connectivity index (χ4n) is 1.97. The number of benzene rings is 1. The first-order valence-corrected chi connectivity index (χ1v) is 8.08. The number of aryl methyl sites for hydroxylation is 1. The topological polar surface area (TPSA) is 54.0 Å². The Morgan fingerprint density at radius 2 is 2.24 bits per heavy atom. The van der Waals surface area contributed by atoms with Crippen LogP contribution in [0.15, 0.2) is 23.6 Å². The van der Waals surface area contributed by atoms with Crippen molar-refractivity contribution < 1.29 is 4.79 Å². The number of hydrogen-bond acceptors (Lipinski definition) is 4. The van der Waals surface area contributed by atoms with Crippen molar-refractivity contribution in [2.75, 3.05) is 18.4 Å². The number of carbonyl (C=O) groups excluding carboxylic acids is 1. The van der Waals surface area contributed by atoms with Gasteiger partial charge in [0.25, 0.3) is 5.91 Å². The predicted octanol–water partition coefficient (Wildman–Crippen LogP) is 3.51. The molecule has 1 amide bonds. The first kappa shape index (κ1) is 15.8. The molecule has 1 aromatic carbocycles. The Morgan fingerprint density at radius 1 is 1.43 bits per heavy atom. The number of halogens is 1. The van der Waals surface area contributed by atoms with E-state index in [4.69, 9.17) is 11.6 Å². The Kier molecular flexibility index (Phi) is 5.59. The van der Waals surface area contributed by atoms with E-state index in [1.165, 1.54) is 0 Å². The number of rotatable bonds is 6. The van der Waals surface area contributed by atoms with Crippen molar-refractivity contribution >= 4 is 34.5 Å². The van der Waals surface area contributed by atoms with Gasteiger partial charge in [-0.1, -0.05) is 11.6 Å². The van der Waals surface area contributed by atoms with Gasteiger partial charge in [0, 0.05) is 35.6 Å². The van der Waals surface area contributed by atoms with E-state index >= 15 is 0 Å². The quantitative estimate of drug-likeness (QED) is 0.855. The lowest BCUT2D eigenvalue weighted by Crippen LogP contribution is -2.26. The van der Waals surface area contributed by atoms with Gasteiger partial charge in [0.05, 0.1) is 16.3 Å². The third-order valence-corrected chi connectivity index (χ3v) is 3.98. The molecule has 112 valence electrons. The lowest BCUT2D eigenvalue weighted by atomic mass is 10.1. The highest BCUT2D eigenvalue weighted by Crippen LogP contribution is 2.20. The van der Waals surface area contributed by atoms with Gasteiger partial charge < -0.3 is 10.6 Å². The standard InChI is InChI=1S/C15H18ClN3OS/c1-3-17-14-5-4-11(16)8-13(14)15(20)18-7-6-12-9-21-10(2)19-12/h4-5,8-9,17H,3,6-7H2,1-2H3,(H,18,20). The maximum Gasteiger partial charge on any atom is 0.253 e. The van der Waals surface area contributed by atoms with Gasteiger partial charge in [0.1, 0.15) is 0 Å². The van der Waals surface area contributed by atoms with Crippen LogP contribution in [0.1, 0.15) is 28.0 Å². The van der Waals surface area contributed by atoms with E-state index in [-0.39, 0.29) is 5.91 Å². The van der Waals surface area contributed by atoms with Gasteiger partial charge in [-0.25, -0.2) is 4.98 Å². The maximum absolute atomic E-state index is 12.3. The van der Waals surface area contributed by atoms with Crippen LogP contribution in [0.2, 0.25) is 5.02 Å². The number of aromatic nitrogens is 1. The molecule has 0 aliphatic rings. The van der Waals surface area contributed by atoms with E-state index in [0.717, 1.165) is 29.4 Å². The van der Waals surface area contributed by atoms with Crippen molar-refractivity contribution in [3.8, 4) is 0 Å². The van der Waals surface area contributed by atoms with Crippen LogP contribution in [-0.2, 0) is 6.42 Å². The zero-order valence-electron chi connectivity index (χ0n) is 12.1. The Labute approximate surface area is 133 Å². The second kappa shape index (κ2) is 7.43. The van der Waals surface area contributed by atoms with Crippen LogP contribution in [0.4, 0.5) is 5.69 Å². The zero-order chi connectivity index (χ0) is 15.2. The molecule has 6 heteroatoms. The SMILES string of the molecule is CCNc1ccc(Cl)cc1C(=O)NCCc1csc(C)n1. The third kappa shape index (κ3) is 4.44. The highest BCUT2D eigenvalue weighted by atomic mass is 35.5. The average Bonchev–Trinajstić information content (AvgIpc) is 2.86. The number of nitrogens with zero attached hydrogens (tertiary/aromatic N) is 1. The Bertz CT molecular complexity index is 627. The number of carbonyl (C=O) groups is 1. The molecule has 2 aromatic rings. The van der Waals surface area contributed by atoms with Crippen molar-refractivity contribution in [1.82, 2.24) is 10.3 Å². The fourth-order valence-corrected chi connectivity index (χ4v) is 2.79. The molecule has 0 atom stereocenters. The molecule has 0 fully saturated rings. The molecule has 1 heterocycles. The molecular weight excluding hydrogens is 306 g/mol. The smallest absolute Gasteiger partial charge is 0.253 e. The van der Waals surface area contributed by atoms with Gasteiger partial charge in [0.15, 0.2) is 0 Å². The highest BCUT2D eigenvalue weighted by Gasteiger charge is 2.11. The molecule has 0 aliphatic heterocycles. The number of nitrogens with one attached hydrogen (secondary N) is 2. The molecule has 0 saturated heterocycles. The van der Waals surface area contributed by atoms with Crippen LogP contribution in [0, 0.1) is 6.92 Å². The Hall–Kier alpha value is -1.59. The van der Waals surface area contributed by atoms with E-state index in [1.54, 1.807) is 23.5 Å². The molecule has 0 aliphatic carbocycles.